The summed E-state index contributed by atoms with van der Waals surface area (Å²) in [7, 11) is 0. The highest BCUT2D eigenvalue weighted by Crippen LogP contribution is 2.46. The van der Waals surface area contributed by atoms with E-state index in [0.717, 1.165) is 22.1 Å². The number of benzene rings is 1. The molecule has 6 rings (SSSR count). The van der Waals surface area contributed by atoms with Gasteiger partial charge in [-0.1, -0.05) is 34.6 Å². The van der Waals surface area contributed by atoms with Gasteiger partial charge in [0.25, 0.3) is 5.56 Å². The first-order valence-corrected chi connectivity index (χ1v) is 14.7. The molecule has 1 aliphatic heterocycles. The molecule has 8 heteroatoms. The molecule has 0 saturated heterocycles. The van der Waals surface area contributed by atoms with Gasteiger partial charge >= 0.3 is 0 Å². The van der Waals surface area contributed by atoms with Gasteiger partial charge in [-0.05, 0) is 66.7 Å². The summed E-state index contributed by atoms with van der Waals surface area (Å²) in [5, 5.41) is 15.5. The van der Waals surface area contributed by atoms with Crippen molar-refractivity contribution in [1.82, 2.24) is 14.9 Å². The van der Waals surface area contributed by atoms with E-state index in [9.17, 15) is 19.5 Å². The Kier molecular flexibility index (Phi) is 6.31. The zero-order valence-corrected chi connectivity index (χ0v) is 24.7. The normalized spacial score (nSPS) is 21.9. The molecule has 2 aromatic heterocycles. The van der Waals surface area contributed by atoms with Crippen LogP contribution in [0, 0.1) is 24.1 Å². The predicted octanol–water partition coefficient (Wildman–Crippen LogP) is 5.16. The van der Waals surface area contributed by atoms with Crippen LogP contribution < -0.4 is 10.9 Å². The molecule has 41 heavy (non-hydrogen) atoms. The first-order chi connectivity index (χ1) is 19.3. The van der Waals surface area contributed by atoms with Gasteiger partial charge in [0.05, 0.1) is 29.5 Å². The van der Waals surface area contributed by atoms with Crippen LogP contribution in [0.25, 0.3) is 22.3 Å². The Morgan fingerprint density at radius 3 is 2.61 bits per heavy atom. The number of nitrogens with zero attached hydrogens (tertiary/aromatic N) is 2. The highest BCUT2D eigenvalue weighted by atomic mass is 19.1. The van der Waals surface area contributed by atoms with Gasteiger partial charge in [-0.2, -0.15) is 0 Å². The molecule has 2 N–H and O–H groups in total. The molecule has 0 radical (unpaired) electrons. The number of hydrogen-bond donors (Lipinski definition) is 2. The molecule has 1 aromatic carbocycles. The van der Waals surface area contributed by atoms with Crippen molar-refractivity contribution < 1.29 is 19.1 Å². The lowest BCUT2D eigenvalue weighted by Gasteiger charge is -2.32. The van der Waals surface area contributed by atoms with Crippen molar-refractivity contribution in [3.05, 3.63) is 61.7 Å². The molecule has 0 unspecified atom stereocenters. The van der Waals surface area contributed by atoms with Crippen LogP contribution in [0.3, 0.4) is 0 Å². The Morgan fingerprint density at radius 2 is 1.93 bits per heavy atom. The average Bonchev–Trinajstić information content (AvgIpc) is 3.28. The minimum Gasteiger partial charge on any atom is -0.377 e. The van der Waals surface area contributed by atoms with Gasteiger partial charge in [0.2, 0.25) is 5.91 Å². The van der Waals surface area contributed by atoms with Crippen LogP contribution in [0.2, 0.25) is 0 Å². The summed E-state index contributed by atoms with van der Waals surface area (Å²) in [4.78, 5) is 44.8. The van der Waals surface area contributed by atoms with Crippen LogP contribution in [0.15, 0.2) is 16.9 Å². The first-order valence-electron chi connectivity index (χ1n) is 14.7. The average molecular weight is 560 g/mol. The Balaban J connectivity index is 1.54. The molecule has 3 heterocycles. The number of carbonyl (C=O) groups is 2. The number of Topliss-reactive ketones (excluding diaryl/α,β-unsaturated/α-hetero) is 1. The van der Waals surface area contributed by atoms with Gasteiger partial charge in [-0.25, -0.2) is 9.37 Å². The van der Waals surface area contributed by atoms with E-state index in [1.54, 1.807) is 24.5 Å². The summed E-state index contributed by atoms with van der Waals surface area (Å²) < 4.78 is 16.8. The molecule has 0 saturated carbocycles. The van der Waals surface area contributed by atoms with Crippen molar-refractivity contribution in [2.75, 3.05) is 0 Å². The van der Waals surface area contributed by atoms with E-state index in [0.29, 0.717) is 52.9 Å². The van der Waals surface area contributed by atoms with Crippen LogP contribution in [0.4, 0.5) is 4.39 Å². The number of pyridine rings is 2. The second kappa shape index (κ2) is 9.31. The lowest BCUT2D eigenvalue weighted by atomic mass is 9.77. The fraction of sp³-hybridized carbons (Fsp3) is 0.515. The smallest absolute Gasteiger partial charge is 0.254 e. The van der Waals surface area contributed by atoms with Crippen LogP contribution in [0.5, 0.6) is 0 Å². The van der Waals surface area contributed by atoms with E-state index in [-0.39, 0.29) is 66.2 Å². The lowest BCUT2D eigenvalue weighted by Crippen LogP contribution is -2.43. The summed E-state index contributed by atoms with van der Waals surface area (Å²) in [6, 6.07) is 2.87. The van der Waals surface area contributed by atoms with Crippen molar-refractivity contribution in [3.63, 3.8) is 0 Å². The summed E-state index contributed by atoms with van der Waals surface area (Å²) in [6.45, 7) is 12.2. The molecule has 2 aliphatic carbocycles. The second-order valence-corrected chi connectivity index (χ2v) is 13.3. The van der Waals surface area contributed by atoms with Crippen molar-refractivity contribution in [1.29, 1.82) is 0 Å². The van der Waals surface area contributed by atoms with Gasteiger partial charge < -0.3 is 15.0 Å². The summed E-state index contributed by atoms with van der Waals surface area (Å²) >= 11 is 0. The van der Waals surface area contributed by atoms with Gasteiger partial charge in [0.15, 0.2) is 5.78 Å². The maximum absolute atomic E-state index is 15.1. The molecule has 3 aromatic rings. The zero-order chi connectivity index (χ0) is 29.6. The number of hydrogen-bond acceptors (Lipinski definition) is 5. The van der Waals surface area contributed by atoms with E-state index in [4.69, 9.17) is 4.98 Å². The molecule has 7 nitrogen and oxygen atoms in total. The number of fused-ring (bicyclic) bond motifs is 5. The monoisotopic (exact) mass is 559 g/mol. The maximum atomic E-state index is 15.1. The van der Waals surface area contributed by atoms with Crippen molar-refractivity contribution in [2.24, 2.45) is 11.3 Å². The number of halogens is 1. The number of aromatic nitrogens is 2. The third-order valence-electron chi connectivity index (χ3n) is 10.1. The number of aryl methyl sites for hydroxylation is 1. The third kappa shape index (κ3) is 4.09. The Labute approximate surface area is 239 Å². The lowest BCUT2D eigenvalue weighted by molar-refractivity contribution is -0.140. The largest absolute Gasteiger partial charge is 0.377 e. The predicted molar refractivity (Wildman–Crippen MR) is 155 cm³/mol. The summed E-state index contributed by atoms with van der Waals surface area (Å²) in [5.74, 6) is -0.481. The van der Waals surface area contributed by atoms with Crippen LogP contribution in [-0.4, -0.2) is 26.3 Å². The van der Waals surface area contributed by atoms with Crippen molar-refractivity contribution in [3.8, 4) is 11.4 Å². The van der Waals surface area contributed by atoms with E-state index < -0.39 is 5.60 Å². The Morgan fingerprint density at radius 1 is 1.20 bits per heavy atom. The SMILES string of the molecule is CC[C@@]1(O)C(=O)CCc2c1cc1n(c2=O)Cc2c-1nc1cc(F)c(C)c3c1c2[C@@H](NC(=O)C[C@@H](C)C(C)(C)C)CC3. The molecule has 1 amide bonds. The summed E-state index contributed by atoms with van der Waals surface area (Å²) in [5.41, 5.74) is 3.62. The molecule has 0 bridgehead atoms. The Bertz CT molecular complexity index is 1720. The number of nitrogens with one attached hydrogen (secondary N) is 1. The van der Waals surface area contributed by atoms with Crippen LogP contribution in [0.1, 0.15) is 99.7 Å². The third-order valence-corrected chi connectivity index (χ3v) is 10.1. The van der Waals surface area contributed by atoms with Crippen LogP contribution >= 0.6 is 0 Å². The van der Waals surface area contributed by atoms with E-state index >= 15 is 4.39 Å². The number of carbonyl (C=O) groups excluding carboxylic acids is 2. The van der Waals surface area contributed by atoms with Crippen molar-refractivity contribution >= 4 is 22.6 Å². The molecular weight excluding hydrogens is 521 g/mol. The number of ketones is 1. The first kappa shape index (κ1) is 27.8. The van der Waals surface area contributed by atoms with Gasteiger partial charge in [-0.15, -0.1) is 0 Å². The van der Waals surface area contributed by atoms with E-state index in [2.05, 4.69) is 33.0 Å². The minimum atomic E-state index is -1.72. The van der Waals surface area contributed by atoms with Gasteiger partial charge in [-0.3, -0.25) is 14.4 Å². The van der Waals surface area contributed by atoms with Crippen LogP contribution in [-0.2, 0) is 34.6 Å². The molecular formula is C33H38FN3O4. The van der Waals surface area contributed by atoms with Crippen molar-refractivity contribution in [2.45, 2.75) is 98.3 Å². The van der Waals surface area contributed by atoms with E-state index in [1.165, 1.54) is 6.07 Å². The molecule has 0 spiro atoms. The molecule has 3 aliphatic rings. The Hall–Kier alpha value is -3.39. The molecule has 0 fully saturated rings. The standard InChI is InChI=1S/C33H38FN3O4/c1-7-33(41)21-13-25-30-20(15-37(25)31(40)19(21)9-11-26(33)38)29-23(35-27(39)12-16(2)32(4,5)6)10-8-18-17(3)22(34)14-24(36-30)28(18)29/h13-14,16,23,41H,7-12,15H2,1-6H3,(H,35,39)/t16-,23+,33+/m1/s1. The quantitative estimate of drug-likeness (QED) is 0.360. The highest BCUT2D eigenvalue weighted by molar-refractivity contribution is 5.94. The van der Waals surface area contributed by atoms with Gasteiger partial charge in [0, 0.05) is 41.0 Å². The molecule has 216 valence electrons. The number of rotatable bonds is 4. The van der Waals surface area contributed by atoms with Gasteiger partial charge in [0.1, 0.15) is 11.4 Å². The van der Waals surface area contributed by atoms with E-state index in [1.807, 2.05) is 0 Å². The maximum Gasteiger partial charge on any atom is 0.254 e. The summed E-state index contributed by atoms with van der Waals surface area (Å²) in [6.07, 6.45) is 2.19. The fourth-order valence-electron chi connectivity index (χ4n) is 6.92. The minimum absolute atomic E-state index is 0.0138. The number of amides is 1. The zero-order valence-electron chi connectivity index (χ0n) is 24.7. The molecule has 3 atom stereocenters. The number of aliphatic hydroxyl groups is 1. The second-order valence-electron chi connectivity index (χ2n) is 13.3. The fourth-order valence-corrected chi connectivity index (χ4v) is 6.92. The highest BCUT2D eigenvalue weighted by Gasteiger charge is 2.44. The topological polar surface area (TPSA) is 101 Å².